The molecule has 0 aromatic heterocycles. The van der Waals surface area contributed by atoms with E-state index in [0.717, 1.165) is 11.8 Å². The van der Waals surface area contributed by atoms with Gasteiger partial charge in [-0.05, 0) is 37.5 Å². The predicted octanol–water partition coefficient (Wildman–Crippen LogP) is 17.9. The quantitative estimate of drug-likeness (QED) is 0.0579. The average Bonchev–Trinajstić information content (AvgIpc) is 3.11. The minimum atomic E-state index is 0.487. The summed E-state index contributed by atoms with van der Waals surface area (Å²) in [6.45, 7) is 14.3. The molecule has 0 fully saturated rings. The van der Waals surface area contributed by atoms with E-state index in [9.17, 15) is 0 Å². The Morgan fingerprint density at radius 2 is 0.469 bits per heavy atom. The van der Waals surface area contributed by atoms with Gasteiger partial charge in [0, 0.05) is 0 Å². The monoisotopic (exact) mass is 691 g/mol. The minimum absolute atomic E-state index is 0.487. The maximum atomic E-state index is 7.38. The molecule has 49 heavy (non-hydrogen) atoms. The molecule has 296 valence electrons. The van der Waals surface area contributed by atoms with Crippen molar-refractivity contribution in [3.05, 3.63) is 0 Å². The molecule has 0 aromatic rings. The second-order valence-electron chi connectivity index (χ2n) is 16.6. The smallest absolute Gasteiger partial charge is 0.0607 e. The molecule has 0 aromatic carbocycles. The number of rotatable bonds is 42. The van der Waals surface area contributed by atoms with E-state index in [4.69, 9.17) is 4.74 Å². The third kappa shape index (κ3) is 32.4. The Hall–Kier alpha value is -0.0400. The van der Waals surface area contributed by atoms with Crippen LogP contribution >= 0.6 is 0 Å². The zero-order chi connectivity index (χ0) is 35.9. The molecule has 0 heterocycles. The van der Waals surface area contributed by atoms with Gasteiger partial charge in [-0.2, -0.15) is 0 Å². The molecule has 0 radical (unpaired) electrons. The highest BCUT2D eigenvalue weighted by Crippen LogP contribution is 2.31. The topological polar surface area (TPSA) is 9.23 Å². The summed E-state index contributed by atoms with van der Waals surface area (Å²) in [5, 5.41) is 0. The lowest BCUT2D eigenvalue weighted by Crippen LogP contribution is -2.33. The van der Waals surface area contributed by atoms with E-state index in [1.54, 1.807) is 0 Å². The summed E-state index contributed by atoms with van der Waals surface area (Å²) >= 11 is 0. The zero-order valence-electron chi connectivity index (χ0n) is 35.6. The van der Waals surface area contributed by atoms with Gasteiger partial charge in [0.25, 0.3) is 0 Å². The van der Waals surface area contributed by atoms with Gasteiger partial charge in [0.2, 0.25) is 0 Å². The molecule has 0 N–H and O–H groups in total. The third-order valence-electron chi connectivity index (χ3n) is 12.0. The molecule has 0 saturated carbocycles. The highest BCUT2D eigenvalue weighted by Gasteiger charge is 2.28. The first-order valence-corrected chi connectivity index (χ1v) is 23.8. The van der Waals surface area contributed by atoms with Crippen LogP contribution in [0.1, 0.15) is 286 Å². The maximum absolute atomic E-state index is 7.38. The molecule has 0 spiro atoms. The molecular formula is C48H98O. The summed E-state index contributed by atoms with van der Waals surface area (Å²) in [7, 11) is 0. The van der Waals surface area contributed by atoms with Gasteiger partial charge in [0.05, 0.1) is 12.2 Å². The van der Waals surface area contributed by atoms with Crippen LogP contribution in [-0.2, 0) is 4.74 Å². The molecule has 1 heteroatoms. The van der Waals surface area contributed by atoms with Crippen LogP contribution in [-0.4, -0.2) is 12.2 Å². The Labute approximate surface area is 313 Å². The number of ether oxygens (including phenoxy) is 1. The van der Waals surface area contributed by atoms with Crippen LogP contribution in [0.15, 0.2) is 0 Å². The van der Waals surface area contributed by atoms with Crippen LogP contribution in [0.5, 0.6) is 0 Å². The first-order valence-electron chi connectivity index (χ1n) is 23.8. The third-order valence-corrected chi connectivity index (χ3v) is 12.0. The van der Waals surface area contributed by atoms with Crippen molar-refractivity contribution < 1.29 is 4.74 Å². The molecule has 1 nitrogen and oxygen atoms in total. The molecule has 0 rings (SSSR count). The molecule has 4 unspecified atom stereocenters. The van der Waals surface area contributed by atoms with Crippen molar-refractivity contribution in [3.63, 3.8) is 0 Å². The van der Waals surface area contributed by atoms with Crippen molar-refractivity contribution >= 4 is 0 Å². The van der Waals surface area contributed by atoms with Gasteiger partial charge in [-0.3, -0.25) is 0 Å². The van der Waals surface area contributed by atoms with Gasteiger partial charge in [-0.15, -0.1) is 0 Å². The fourth-order valence-electron chi connectivity index (χ4n) is 8.37. The number of hydrogen-bond acceptors (Lipinski definition) is 1. The van der Waals surface area contributed by atoms with Gasteiger partial charge in [-0.25, -0.2) is 0 Å². The summed E-state index contributed by atoms with van der Waals surface area (Å²) in [5.41, 5.74) is 0. The summed E-state index contributed by atoms with van der Waals surface area (Å²) in [4.78, 5) is 0. The van der Waals surface area contributed by atoms with Gasteiger partial charge < -0.3 is 4.74 Å². The summed E-state index contributed by atoms with van der Waals surface area (Å²) in [6.07, 6.45) is 54.7. The van der Waals surface area contributed by atoms with E-state index in [0.29, 0.717) is 12.2 Å². The van der Waals surface area contributed by atoms with Crippen LogP contribution in [0, 0.1) is 11.8 Å². The van der Waals surface area contributed by atoms with Crippen LogP contribution in [0.25, 0.3) is 0 Å². The Balaban J connectivity index is 4.62. The Bertz CT molecular complexity index is 536. The molecule has 0 saturated heterocycles. The lowest BCUT2D eigenvalue weighted by Gasteiger charge is -2.35. The first-order chi connectivity index (χ1) is 24.2. The van der Waals surface area contributed by atoms with Gasteiger partial charge in [0.1, 0.15) is 0 Å². The first kappa shape index (κ1) is 49.0. The summed E-state index contributed by atoms with van der Waals surface area (Å²) in [6, 6.07) is 0. The van der Waals surface area contributed by atoms with Crippen molar-refractivity contribution in [2.24, 2.45) is 11.8 Å². The van der Waals surface area contributed by atoms with E-state index >= 15 is 0 Å². The molecule has 0 bridgehead atoms. The normalized spacial score (nSPS) is 14.3. The fourth-order valence-corrected chi connectivity index (χ4v) is 8.37. The zero-order valence-corrected chi connectivity index (χ0v) is 35.6. The van der Waals surface area contributed by atoms with E-state index in [1.807, 2.05) is 0 Å². The fraction of sp³-hybridized carbons (Fsp3) is 1.00. The lowest BCUT2D eigenvalue weighted by atomic mass is 9.87. The lowest BCUT2D eigenvalue weighted by molar-refractivity contribution is -0.0822. The second kappa shape index (κ2) is 40.7. The van der Waals surface area contributed by atoms with Gasteiger partial charge in [-0.1, -0.05) is 260 Å². The van der Waals surface area contributed by atoms with Gasteiger partial charge >= 0.3 is 0 Å². The molecule has 0 aliphatic heterocycles. The van der Waals surface area contributed by atoms with Crippen LogP contribution in [0.2, 0.25) is 0 Å². The number of unbranched alkanes of at least 4 members (excludes halogenated alkanes) is 28. The van der Waals surface area contributed by atoms with Crippen molar-refractivity contribution in [1.82, 2.24) is 0 Å². The predicted molar refractivity (Wildman–Crippen MR) is 225 cm³/mol. The maximum Gasteiger partial charge on any atom is 0.0607 e. The van der Waals surface area contributed by atoms with Crippen LogP contribution in [0.4, 0.5) is 0 Å². The standard InChI is InChI=1S/C48H98O/c1-7-13-17-19-21-23-25-27-29-31-33-35-37-39-43-47(45(11-5)41-15-9-3)49-48(46(12-6)42-16-10-4)44-40-38-36-34-32-30-28-26-24-22-20-18-14-8-2/h45-48H,7-44H2,1-6H3. The second-order valence-corrected chi connectivity index (χ2v) is 16.6. The molecule has 4 atom stereocenters. The molecule has 0 aliphatic carbocycles. The molecule has 0 amide bonds. The van der Waals surface area contributed by atoms with Crippen molar-refractivity contribution in [2.75, 3.05) is 0 Å². The van der Waals surface area contributed by atoms with Crippen molar-refractivity contribution in [3.8, 4) is 0 Å². The van der Waals surface area contributed by atoms with E-state index < -0.39 is 0 Å². The summed E-state index contributed by atoms with van der Waals surface area (Å²) < 4.78 is 7.38. The average molecular weight is 691 g/mol. The van der Waals surface area contributed by atoms with Gasteiger partial charge in [0.15, 0.2) is 0 Å². The Morgan fingerprint density at radius 3 is 0.694 bits per heavy atom. The molecule has 0 aliphatic rings. The van der Waals surface area contributed by atoms with Crippen LogP contribution in [0.3, 0.4) is 0 Å². The number of hydrogen-bond donors (Lipinski definition) is 0. The summed E-state index contributed by atoms with van der Waals surface area (Å²) in [5.74, 6) is 1.51. The van der Waals surface area contributed by atoms with Crippen molar-refractivity contribution in [1.29, 1.82) is 0 Å². The largest absolute Gasteiger partial charge is 0.374 e. The highest BCUT2D eigenvalue weighted by molar-refractivity contribution is 4.77. The van der Waals surface area contributed by atoms with E-state index in [1.165, 1.54) is 244 Å². The minimum Gasteiger partial charge on any atom is -0.374 e. The Kier molecular flexibility index (Phi) is 40.7. The molecular weight excluding hydrogens is 593 g/mol. The SMILES string of the molecule is CCCCCCCCCCCCCCCCC(OC(CCCCCCCCCCCCCCCC)C(CC)CCCC)C(CC)CCCC. The Morgan fingerprint density at radius 1 is 0.245 bits per heavy atom. The van der Waals surface area contributed by atoms with Crippen molar-refractivity contribution in [2.45, 2.75) is 298 Å². The van der Waals surface area contributed by atoms with E-state index in [2.05, 4.69) is 41.5 Å². The highest BCUT2D eigenvalue weighted by atomic mass is 16.5. The van der Waals surface area contributed by atoms with E-state index in [-0.39, 0.29) is 0 Å². The van der Waals surface area contributed by atoms with Crippen LogP contribution < -0.4 is 0 Å².